The Hall–Kier alpha value is -3.58. The van der Waals surface area contributed by atoms with Gasteiger partial charge in [-0.3, -0.25) is 24.4 Å². The molecule has 4 aliphatic rings. The third kappa shape index (κ3) is 4.73. The van der Waals surface area contributed by atoms with Crippen molar-refractivity contribution >= 4 is 28.6 Å². The Bertz CT molecular complexity index is 1340. The first-order valence-corrected chi connectivity index (χ1v) is 13.9. The summed E-state index contributed by atoms with van der Waals surface area (Å²) in [6.45, 7) is 5.62. The molecule has 6 atom stereocenters. The average molecular weight is 531 g/mol. The summed E-state index contributed by atoms with van der Waals surface area (Å²) < 4.78 is 5.37. The summed E-state index contributed by atoms with van der Waals surface area (Å²) in [7, 11) is 0. The standard InChI is InChI=1S/C29H34N6O4/c1-29(2)20-14-35(28(38)21(10-16-5-6-16)33-26(36)18-7-9-39-15-18)25(23(20)29)27(37)34-22(11-30)19-13-31-12-17-4-3-8-32-24(17)19/h3-4,8,12-13,16,18,20-23,25H,5-7,9-10,14-15H2,1-2H3,(H,33,36)(H,34,37)/t18-,20+,21+,22?,23+,25+/m1/s1. The number of hydrogen-bond acceptors (Lipinski definition) is 7. The molecular weight excluding hydrogens is 496 g/mol. The molecule has 204 valence electrons. The first kappa shape index (κ1) is 25.7. The highest BCUT2D eigenvalue weighted by Gasteiger charge is 2.69. The summed E-state index contributed by atoms with van der Waals surface area (Å²) in [5.74, 6) is -0.374. The molecule has 2 aromatic rings. The van der Waals surface area contributed by atoms with Gasteiger partial charge in [0.05, 0.1) is 24.1 Å². The van der Waals surface area contributed by atoms with E-state index in [2.05, 4.69) is 40.5 Å². The third-order valence-electron chi connectivity index (χ3n) is 9.21. The SMILES string of the molecule is CC1(C)[C@@H]2[C@@H](C(=O)NC(C#N)c3cncc4cccnc34)N(C(=O)[C@H](CC3CC3)NC(=O)[C@@H]3CCOC3)C[C@@H]21. The van der Waals surface area contributed by atoms with E-state index in [1.165, 1.54) is 0 Å². The van der Waals surface area contributed by atoms with E-state index in [1.54, 1.807) is 29.6 Å². The van der Waals surface area contributed by atoms with Crippen LogP contribution in [0.1, 0.15) is 51.1 Å². The third-order valence-corrected chi connectivity index (χ3v) is 9.21. The first-order valence-electron chi connectivity index (χ1n) is 13.9. The van der Waals surface area contributed by atoms with Crippen molar-refractivity contribution in [2.45, 2.75) is 57.7 Å². The van der Waals surface area contributed by atoms with E-state index in [0.717, 1.165) is 18.2 Å². The molecule has 0 spiro atoms. The second-order valence-electron chi connectivity index (χ2n) is 12.1. The van der Waals surface area contributed by atoms with E-state index in [1.807, 2.05) is 6.07 Å². The van der Waals surface area contributed by atoms with Crippen molar-refractivity contribution < 1.29 is 19.1 Å². The number of carbonyl (C=O) groups excluding carboxylic acids is 3. The molecule has 2 aromatic heterocycles. The van der Waals surface area contributed by atoms with E-state index < -0.39 is 18.1 Å². The van der Waals surface area contributed by atoms with Crippen LogP contribution in [0.3, 0.4) is 0 Å². The Morgan fingerprint density at radius 2 is 2.03 bits per heavy atom. The molecule has 2 saturated heterocycles. The number of nitriles is 1. The van der Waals surface area contributed by atoms with E-state index in [9.17, 15) is 19.6 Å². The zero-order valence-electron chi connectivity index (χ0n) is 22.3. The van der Waals surface area contributed by atoms with Gasteiger partial charge in [-0.2, -0.15) is 5.26 Å². The number of nitrogens with zero attached hydrogens (tertiary/aromatic N) is 4. The number of amides is 3. The topological polar surface area (TPSA) is 137 Å². The molecule has 2 aliphatic carbocycles. The van der Waals surface area contributed by atoms with Crippen LogP contribution in [-0.4, -0.2) is 64.4 Å². The van der Waals surface area contributed by atoms with Crippen LogP contribution in [0.5, 0.6) is 0 Å². The Morgan fingerprint density at radius 1 is 1.21 bits per heavy atom. The Morgan fingerprint density at radius 3 is 2.74 bits per heavy atom. The van der Waals surface area contributed by atoms with Crippen molar-refractivity contribution in [3.8, 4) is 6.07 Å². The molecule has 4 fully saturated rings. The highest BCUT2D eigenvalue weighted by Crippen LogP contribution is 2.65. The van der Waals surface area contributed by atoms with Crippen LogP contribution in [0.15, 0.2) is 30.7 Å². The molecule has 39 heavy (non-hydrogen) atoms. The van der Waals surface area contributed by atoms with Crippen LogP contribution in [0, 0.1) is 40.4 Å². The lowest BCUT2D eigenvalue weighted by molar-refractivity contribution is -0.144. The van der Waals surface area contributed by atoms with Crippen molar-refractivity contribution in [2.24, 2.45) is 29.1 Å². The summed E-state index contributed by atoms with van der Waals surface area (Å²) in [6, 6.07) is 3.49. The predicted octanol–water partition coefficient (Wildman–Crippen LogP) is 2.12. The van der Waals surface area contributed by atoms with Crippen molar-refractivity contribution in [1.82, 2.24) is 25.5 Å². The second kappa shape index (κ2) is 9.87. The number of pyridine rings is 2. The molecule has 2 saturated carbocycles. The molecule has 6 rings (SSSR count). The molecule has 2 aliphatic heterocycles. The van der Waals surface area contributed by atoms with E-state index in [4.69, 9.17) is 4.74 Å². The summed E-state index contributed by atoms with van der Waals surface area (Å²) in [4.78, 5) is 51.0. The lowest BCUT2D eigenvalue weighted by Gasteiger charge is -2.33. The molecule has 0 aromatic carbocycles. The van der Waals surface area contributed by atoms with Crippen molar-refractivity contribution in [1.29, 1.82) is 5.26 Å². The highest BCUT2D eigenvalue weighted by molar-refractivity contribution is 5.94. The second-order valence-corrected chi connectivity index (χ2v) is 12.1. The fourth-order valence-electron chi connectivity index (χ4n) is 6.59. The van der Waals surface area contributed by atoms with Crippen molar-refractivity contribution in [3.63, 3.8) is 0 Å². The zero-order valence-corrected chi connectivity index (χ0v) is 22.3. The predicted molar refractivity (Wildman–Crippen MR) is 140 cm³/mol. The number of aromatic nitrogens is 2. The van der Waals surface area contributed by atoms with Gasteiger partial charge in [-0.1, -0.05) is 26.7 Å². The Labute approximate surface area is 227 Å². The molecule has 0 radical (unpaired) electrons. The number of nitrogens with one attached hydrogen (secondary N) is 2. The normalized spacial score (nSPS) is 28.3. The fourth-order valence-corrected chi connectivity index (χ4v) is 6.59. The minimum atomic E-state index is -0.967. The van der Waals surface area contributed by atoms with Crippen LogP contribution in [0.4, 0.5) is 0 Å². The van der Waals surface area contributed by atoms with Gasteiger partial charge in [-0.05, 0) is 48.1 Å². The Kier molecular flexibility index (Phi) is 6.50. The van der Waals surface area contributed by atoms with Crippen LogP contribution in [0.25, 0.3) is 10.9 Å². The maximum Gasteiger partial charge on any atom is 0.245 e. The minimum absolute atomic E-state index is 0.00920. The maximum absolute atomic E-state index is 14.0. The molecule has 10 heteroatoms. The molecular formula is C29H34N6O4. The minimum Gasteiger partial charge on any atom is -0.381 e. The first-order chi connectivity index (χ1) is 18.8. The van der Waals surface area contributed by atoms with Gasteiger partial charge in [-0.25, -0.2) is 0 Å². The van der Waals surface area contributed by atoms with E-state index >= 15 is 0 Å². The quantitative estimate of drug-likeness (QED) is 0.533. The zero-order chi connectivity index (χ0) is 27.3. The largest absolute Gasteiger partial charge is 0.381 e. The van der Waals surface area contributed by atoms with Crippen LogP contribution in [0.2, 0.25) is 0 Å². The van der Waals surface area contributed by atoms with Gasteiger partial charge in [0, 0.05) is 42.7 Å². The van der Waals surface area contributed by atoms with Gasteiger partial charge in [0.2, 0.25) is 17.7 Å². The van der Waals surface area contributed by atoms with Crippen molar-refractivity contribution in [2.75, 3.05) is 19.8 Å². The van der Waals surface area contributed by atoms with Gasteiger partial charge in [0.25, 0.3) is 0 Å². The average Bonchev–Trinajstić information content (AvgIpc) is 3.63. The van der Waals surface area contributed by atoms with Gasteiger partial charge in [0.15, 0.2) is 0 Å². The van der Waals surface area contributed by atoms with Gasteiger partial charge in [0.1, 0.15) is 18.1 Å². The maximum atomic E-state index is 14.0. The lowest BCUT2D eigenvalue weighted by atomic mass is 9.98. The molecule has 4 heterocycles. The van der Waals surface area contributed by atoms with E-state index in [-0.39, 0.29) is 40.9 Å². The fraction of sp³-hybridized carbons (Fsp3) is 0.586. The monoisotopic (exact) mass is 530 g/mol. The van der Waals surface area contributed by atoms with Crippen LogP contribution in [-0.2, 0) is 19.1 Å². The smallest absolute Gasteiger partial charge is 0.245 e. The molecule has 3 amide bonds. The number of rotatable bonds is 8. The molecule has 2 N–H and O–H groups in total. The number of fused-ring (bicyclic) bond motifs is 2. The molecule has 10 nitrogen and oxygen atoms in total. The van der Waals surface area contributed by atoms with Gasteiger partial charge >= 0.3 is 0 Å². The van der Waals surface area contributed by atoms with E-state index in [0.29, 0.717) is 49.6 Å². The summed E-state index contributed by atoms with van der Waals surface area (Å²) in [6.07, 6.45) is 8.19. The van der Waals surface area contributed by atoms with Gasteiger partial charge in [-0.15, -0.1) is 0 Å². The highest BCUT2D eigenvalue weighted by atomic mass is 16.5. The number of hydrogen-bond donors (Lipinski definition) is 2. The van der Waals surface area contributed by atoms with Gasteiger partial charge < -0.3 is 20.3 Å². The molecule has 0 bridgehead atoms. The number of ether oxygens (including phenoxy) is 1. The number of likely N-dealkylation sites (tertiary alicyclic amines) is 1. The van der Waals surface area contributed by atoms with Crippen LogP contribution >= 0.6 is 0 Å². The van der Waals surface area contributed by atoms with Crippen LogP contribution < -0.4 is 10.6 Å². The Balaban J connectivity index is 1.23. The summed E-state index contributed by atoms with van der Waals surface area (Å²) in [5.41, 5.74) is 1.04. The summed E-state index contributed by atoms with van der Waals surface area (Å²) >= 11 is 0. The number of carbonyl (C=O) groups is 3. The number of piperidine rings is 1. The lowest BCUT2D eigenvalue weighted by Crippen LogP contribution is -2.56. The summed E-state index contributed by atoms with van der Waals surface area (Å²) in [5, 5.41) is 16.7. The molecule has 1 unspecified atom stereocenters. The van der Waals surface area contributed by atoms with Crippen molar-refractivity contribution in [3.05, 3.63) is 36.3 Å².